The number of hydrogen-bond acceptors (Lipinski definition) is 14. The van der Waals surface area contributed by atoms with Crippen molar-refractivity contribution in [2.24, 2.45) is 11.7 Å². The zero-order valence-electron chi connectivity index (χ0n) is 50.2. The number of rotatable bonds is 13. The summed E-state index contributed by atoms with van der Waals surface area (Å²) in [5, 5.41) is 7.89. The van der Waals surface area contributed by atoms with Crippen molar-refractivity contribution in [3.05, 3.63) is 249 Å². The highest BCUT2D eigenvalue weighted by atomic mass is 79.9. The molecule has 27 heteroatoms. The molecule has 0 fully saturated rings. The summed E-state index contributed by atoms with van der Waals surface area (Å²) in [6.07, 6.45) is 5.50. The number of nitrogens with two attached hydrogens (primary N) is 3. The molecule has 3 aliphatic heterocycles. The zero-order chi connectivity index (χ0) is 69.1. The molecule has 0 atom stereocenters. The summed E-state index contributed by atoms with van der Waals surface area (Å²) >= 11 is 33.7. The molecule has 7 N–H and O–H groups in total. The highest BCUT2D eigenvalue weighted by Crippen LogP contribution is 2.61. The largest absolute Gasteiger partial charge is 0.481 e. The number of aliphatic carboxylic acids is 1. The number of Topliss-reactive ketones (excluding diaryl/α,β-unsaturated/α-hetero) is 1. The average Bonchev–Trinajstić information content (AvgIpc) is 1.56. The van der Waals surface area contributed by atoms with Crippen molar-refractivity contribution in [1.29, 1.82) is 0 Å². The Hall–Kier alpha value is -7.05. The first-order chi connectivity index (χ1) is 45.3. The Balaban J connectivity index is 0.000000169. The third kappa shape index (κ3) is 21.5. The number of ketones is 1. The Morgan fingerprint density at radius 2 is 0.916 bits per heavy atom. The summed E-state index contributed by atoms with van der Waals surface area (Å²) in [4.78, 5) is 108. The highest BCUT2D eigenvalue weighted by molar-refractivity contribution is 9.11. The molecule has 7 aromatic carbocycles. The maximum atomic E-state index is 12.4. The molecule has 4 aliphatic rings. The molecule has 18 nitrogen and oxygen atoms in total. The third-order valence-corrected chi connectivity index (χ3v) is 16.9. The van der Waals surface area contributed by atoms with Gasteiger partial charge in [0.25, 0.3) is 35.4 Å². The van der Waals surface area contributed by atoms with Crippen LogP contribution in [-0.2, 0) is 39.8 Å². The average molecular weight is 1640 g/mol. The molecule has 0 saturated heterocycles. The van der Waals surface area contributed by atoms with Gasteiger partial charge in [-0.1, -0.05) is 142 Å². The lowest BCUT2D eigenvalue weighted by atomic mass is 10.1. The smallest absolute Gasteiger partial charge is 0.339 e. The predicted octanol–water partition coefficient (Wildman–Crippen LogP) is 16.4. The van der Waals surface area contributed by atoms with Gasteiger partial charge in [-0.05, 0) is 192 Å². The van der Waals surface area contributed by atoms with E-state index >= 15 is 0 Å². The molecule has 492 valence electrons. The van der Waals surface area contributed by atoms with E-state index in [1.807, 2.05) is 72.8 Å². The van der Waals surface area contributed by atoms with Crippen molar-refractivity contribution in [3.63, 3.8) is 0 Å². The van der Waals surface area contributed by atoms with Crippen LogP contribution in [0, 0.1) is 0 Å². The van der Waals surface area contributed by atoms with Crippen molar-refractivity contribution in [3.8, 4) is 0 Å². The fourth-order valence-corrected chi connectivity index (χ4v) is 12.1. The number of anilines is 1. The lowest BCUT2D eigenvalue weighted by Gasteiger charge is -2.14. The van der Waals surface area contributed by atoms with Crippen molar-refractivity contribution in [2.75, 3.05) is 25.4 Å². The fraction of sp³-hybridized carbons (Fsp3) is 0.176. The Labute approximate surface area is 600 Å². The second kappa shape index (κ2) is 35.8. The van der Waals surface area contributed by atoms with Gasteiger partial charge in [0.05, 0.1) is 44.4 Å². The third-order valence-electron chi connectivity index (χ3n) is 14.6. The number of pyridine rings is 2. The van der Waals surface area contributed by atoms with Gasteiger partial charge in [-0.15, -0.1) is 0 Å². The van der Waals surface area contributed by atoms with Crippen molar-refractivity contribution in [2.45, 2.75) is 57.8 Å². The number of carboxylic acids is 1. The first-order valence-corrected chi connectivity index (χ1v) is 37.0. The molecule has 1 aliphatic carbocycles. The number of hydrogen-bond donors (Lipinski definition) is 4. The molecule has 2 aromatic heterocycles. The summed E-state index contributed by atoms with van der Waals surface area (Å²) in [6, 6.07) is 51.8. The van der Waals surface area contributed by atoms with Crippen molar-refractivity contribution >= 4 is 189 Å². The van der Waals surface area contributed by atoms with E-state index in [-0.39, 0.29) is 73.7 Å². The van der Waals surface area contributed by atoms with E-state index in [0.29, 0.717) is 64.2 Å². The SMILES string of the molecule is Brc1ccc2cc3c(nc2c1)CCC3.NN.Nc1cccc(Br)c1.O=C(CCCN1C(=O)c2ccccc2C1=O)Cc1cccc(Br)c1.O=C(O)CCCN1C(=O)c2ccccc2C1=O.O=C1c2ccccc2C(=O)N1CCc1cc2ccc(Br)cc2nc1Cl.O=P(Cl)(Cl)Cl. The zero-order valence-corrected chi connectivity index (χ0v) is 60.5. The minimum absolute atomic E-state index is 0.0482. The maximum Gasteiger partial charge on any atom is 0.339 e. The number of nitrogen functional groups attached to an aromatic ring is 1. The van der Waals surface area contributed by atoms with Gasteiger partial charge in [-0.3, -0.25) is 74.3 Å². The van der Waals surface area contributed by atoms with Gasteiger partial charge in [0.15, 0.2) is 0 Å². The first kappa shape index (κ1) is 75.3. The summed E-state index contributed by atoms with van der Waals surface area (Å²) in [6.45, 7) is 0.699. The van der Waals surface area contributed by atoms with Crippen LogP contribution < -0.4 is 17.4 Å². The van der Waals surface area contributed by atoms with Crippen LogP contribution in [0.15, 0.2) is 188 Å². The molecule has 0 unspecified atom stereocenters. The predicted molar refractivity (Wildman–Crippen MR) is 386 cm³/mol. The molecule has 13 rings (SSSR count). The minimum Gasteiger partial charge on any atom is -0.481 e. The Kier molecular flexibility index (Phi) is 28.4. The number of carbonyl (C=O) groups is 8. The number of hydrazine groups is 1. The van der Waals surface area contributed by atoms with E-state index in [1.54, 1.807) is 72.8 Å². The van der Waals surface area contributed by atoms with Crippen molar-refractivity contribution < 1.29 is 48.0 Å². The number of nitrogens with zero attached hydrogens (tertiary/aromatic N) is 5. The van der Waals surface area contributed by atoms with Crippen LogP contribution in [0.1, 0.15) is 117 Å². The summed E-state index contributed by atoms with van der Waals surface area (Å²) in [5.74, 6) is 5.45. The van der Waals surface area contributed by atoms with E-state index in [9.17, 15) is 42.9 Å². The molecule has 9 aromatic rings. The van der Waals surface area contributed by atoms with Gasteiger partial charge in [-0.2, -0.15) is 0 Å². The number of halogens is 8. The Morgan fingerprint density at radius 3 is 1.35 bits per heavy atom. The molecule has 0 saturated carbocycles. The van der Waals surface area contributed by atoms with Gasteiger partial charge < -0.3 is 10.8 Å². The Bertz CT molecular complexity index is 4300. The number of aryl methyl sites for hydroxylation is 2. The number of imide groups is 3. The van der Waals surface area contributed by atoms with Gasteiger partial charge in [0, 0.05) is 78.9 Å². The number of benzene rings is 7. The molecule has 0 spiro atoms. The van der Waals surface area contributed by atoms with Gasteiger partial charge in [0.2, 0.25) is 0 Å². The van der Waals surface area contributed by atoms with Gasteiger partial charge in [-0.25, -0.2) is 4.98 Å². The van der Waals surface area contributed by atoms with E-state index in [0.717, 1.165) is 62.4 Å². The second-order valence-corrected chi connectivity index (χ2v) is 31.8. The molecule has 0 bridgehead atoms. The lowest BCUT2D eigenvalue weighted by molar-refractivity contribution is -0.137. The Morgan fingerprint density at radius 1 is 0.505 bits per heavy atom. The molecule has 95 heavy (non-hydrogen) atoms. The highest BCUT2D eigenvalue weighted by Gasteiger charge is 2.37. The number of amides is 6. The quantitative estimate of drug-likeness (QED) is 0.0208. The van der Waals surface area contributed by atoms with E-state index in [4.69, 9.17) is 22.4 Å². The number of carboxylic acid groups (broad SMARTS) is 1. The molecular weight excluding hydrogens is 1580 g/mol. The monoisotopic (exact) mass is 1630 g/mol. The van der Waals surface area contributed by atoms with Gasteiger partial charge in [0.1, 0.15) is 10.9 Å². The van der Waals surface area contributed by atoms with Crippen LogP contribution in [0.5, 0.6) is 0 Å². The van der Waals surface area contributed by atoms with E-state index < -0.39 is 11.2 Å². The van der Waals surface area contributed by atoms with E-state index in [2.05, 4.69) is 143 Å². The molecule has 5 heterocycles. The normalized spacial score (nSPS) is 13.1. The summed E-state index contributed by atoms with van der Waals surface area (Å²) in [7, 11) is 0. The van der Waals surface area contributed by atoms with Crippen LogP contribution in [0.25, 0.3) is 21.8 Å². The topological polar surface area (TPSA) is 287 Å². The standard InChI is InChI=1S/C19H12BrClN2O2.C19H16BrNO3.C12H10BrN.C12H11NO4.C6H6BrN.Cl3OP.H4N2/c20-13-6-5-11-9-12(17(21)22-16(11)10-13)7-8-23-18(24)14-3-1-2-4-15(14)19(23)25;20-14-6-3-5-13(11-14)12-15(22)7-4-10-21-18(23)16-8-1-2-9-17(16)19(21)24;13-10-5-4-9-6-8-2-1-3-11(8)14-12(9)7-10;14-10(15)6-3-7-13-11(16)8-4-1-2-5-9(8)12(13)17;7-5-2-1-3-6(8)4-5;1-5(2,3)4;1-2/h1-6,9-10H,7-8H2;1-3,5-6,8-9,11H,4,7,10,12H2;4-7H,1-3H2;1-2,4-5H,3,6-7H2,(H,14,15);1-4H,8H2;;1-2H2. The summed E-state index contributed by atoms with van der Waals surface area (Å²) < 4.78 is 13.5. The maximum absolute atomic E-state index is 12.4. The summed E-state index contributed by atoms with van der Waals surface area (Å²) in [5.41, 5.74) is 15.2. The van der Waals surface area contributed by atoms with Crippen LogP contribution in [0.2, 0.25) is 5.15 Å². The number of fused-ring (bicyclic) bond motifs is 6. The molecular formula is C68H59Br4Cl4N8O10P. The molecule has 0 radical (unpaired) electrons. The van der Waals surface area contributed by atoms with Crippen LogP contribution in [0.4, 0.5) is 5.69 Å². The fourth-order valence-electron chi connectivity index (χ4n) is 10.3. The van der Waals surface area contributed by atoms with Crippen LogP contribution in [-0.4, -0.2) is 96.6 Å². The number of carbonyl (C=O) groups excluding carboxylic acids is 7. The number of aromatic nitrogens is 2. The minimum atomic E-state index is -3.22. The van der Waals surface area contributed by atoms with Crippen molar-refractivity contribution in [1.82, 2.24) is 24.7 Å². The lowest BCUT2D eigenvalue weighted by Crippen LogP contribution is -2.31. The van der Waals surface area contributed by atoms with Crippen LogP contribution >= 0.6 is 114 Å². The van der Waals surface area contributed by atoms with E-state index in [1.165, 1.54) is 39.3 Å². The first-order valence-electron chi connectivity index (χ1n) is 29.0. The molecule has 6 amide bonds. The second-order valence-electron chi connectivity index (χ2n) is 21.1. The van der Waals surface area contributed by atoms with Gasteiger partial charge >= 0.3 is 11.2 Å². The van der Waals surface area contributed by atoms with Crippen LogP contribution in [0.3, 0.4) is 0 Å².